The third kappa shape index (κ3) is 8.14. The highest BCUT2D eigenvalue weighted by Gasteiger charge is 2.24. The monoisotopic (exact) mass is 646 g/mol. The number of aryl methyl sites for hydroxylation is 1. The maximum atomic E-state index is 6.73. The smallest absolute Gasteiger partial charge is 0.162 e. The summed E-state index contributed by atoms with van der Waals surface area (Å²) in [5, 5.41) is 0. The van der Waals surface area contributed by atoms with E-state index in [4.69, 9.17) is 23.7 Å². The quantitative estimate of drug-likeness (QED) is 0.125. The predicted molar refractivity (Wildman–Crippen MR) is 193 cm³/mol. The fraction of sp³-hybridized carbons (Fsp3) is 0.136. The highest BCUT2D eigenvalue weighted by Crippen LogP contribution is 2.44. The van der Waals surface area contributed by atoms with Crippen LogP contribution in [0, 0.1) is 6.92 Å². The van der Waals surface area contributed by atoms with Gasteiger partial charge < -0.3 is 23.7 Å². The topological polar surface area (TPSA) is 46.2 Å². The summed E-state index contributed by atoms with van der Waals surface area (Å²) in [6.07, 6.45) is 3.78. The first kappa shape index (κ1) is 31.6. The molecule has 5 nitrogen and oxygen atoms in total. The largest absolute Gasteiger partial charge is 0.489 e. The van der Waals surface area contributed by atoms with Crippen LogP contribution in [-0.4, -0.2) is 0 Å². The van der Waals surface area contributed by atoms with Crippen molar-refractivity contribution in [2.24, 2.45) is 0 Å². The van der Waals surface area contributed by atoms with Crippen LogP contribution < -0.4 is 23.7 Å². The second-order valence-electron chi connectivity index (χ2n) is 12.0. The molecular weight excluding hydrogens is 608 g/mol. The molecule has 49 heavy (non-hydrogen) atoms. The Morgan fingerprint density at radius 3 is 1.45 bits per heavy atom. The second kappa shape index (κ2) is 15.3. The Labute approximate surface area is 288 Å². The summed E-state index contributed by atoms with van der Waals surface area (Å²) < 4.78 is 32.1. The SMILES string of the molecule is Cc1cc(OCc2ccccc2)c(OCc2ccccc2)cc1C1C=Cc2c(OCc3ccccc3)cc(OCc3ccccc3)cc2O1. The molecule has 5 heteroatoms. The van der Waals surface area contributed by atoms with Crippen LogP contribution in [0.2, 0.25) is 0 Å². The second-order valence-corrected chi connectivity index (χ2v) is 12.0. The molecule has 0 radical (unpaired) electrons. The summed E-state index contributed by atoms with van der Waals surface area (Å²) in [4.78, 5) is 0. The van der Waals surface area contributed by atoms with Crippen molar-refractivity contribution in [3.05, 3.63) is 191 Å². The molecule has 1 heterocycles. The summed E-state index contributed by atoms with van der Waals surface area (Å²) in [5.74, 6) is 3.42. The first-order chi connectivity index (χ1) is 24.2. The number of benzene rings is 6. The molecule has 0 amide bonds. The van der Waals surface area contributed by atoms with E-state index in [9.17, 15) is 0 Å². The lowest BCUT2D eigenvalue weighted by Crippen LogP contribution is -2.12. The van der Waals surface area contributed by atoms with Gasteiger partial charge in [-0.2, -0.15) is 0 Å². The number of hydrogen-bond acceptors (Lipinski definition) is 5. The molecular formula is C44H38O5. The van der Waals surface area contributed by atoms with Crippen LogP contribution in [0.5, 0.6) is 28.7 Å². The third-order valence-corrected chi connectivity index (χ3v) is 8.37. The summed E-state index contributed by atoms with van der Waals surface area (Å²) >= 11 is 0. The van der Waals surface area contributed by atoms with Crippen LogP contribution in [0.4, 0.5) is 0 Å². The van der Waals surface area contributed by atoms with Gasteiger partial charge in [0.25, 0.3) is 0 Å². The molecule has 0 bridgehead atoms. The number of rotatable bonds is 13. The first-order valence-electron chi connectivity index (χ1n) is 16.5. The molecule has 0 fully saturated rings. The molecule has 0 N–H and O–H groups in total. The van der Waals surface area contributed by atoms with Crippen LogP contribution in [0.3, 0.4) is 0 Å². The van der Waals surface area contributed by atoms with Crippen molar-refractivity contribution in [1.29, 1.82) is 0 Å². The Balaban J connectivity index is 1.17. The standard InChI is InChI=1S/C44H38O5/c1-32-24-43(47-30-35-18-10-4-11-19-35)44(48-31-36-20-12-5-13-21-36)27-39(32)40-23-22-38-41(46-29-34-16-8-3-9-17-34)25-37(26-42(38)49-40)45-28-33-14-6-2-7-15-33/h2-27,40H,28-31H2,1H3. The molecule has 0 spiro atoms. The fourth-order valence-electron chi connectivity index (χ4n) is 5.72. The first-order valence-corrected chi connectivity index (χ1v) is 16.5. The zero-order valence-electron chi connectivity index (χ0n) is 27.5. The highest BCUT2D eigenvalue weighted by atomic mass is 16.5. The van der Waals surface area contributed by atoms with Crippen LogP contribution >= 0.6 is 0 Å². The van der Waals surface area contributed by atoms with Gasteiger partial charge in [-0.15, -0.1) is 0 Å². The average Bonchev–Trinajstić information content (AvgIpc) is 3.16. The molecule has 1 aliphatic heterocycles. The van der Waals surface area contributed by atoms with E-state index in [0.717, 1.165) is 38.9 Å². The van der Waals surface area contributed by atoms with Crippen molar-refractivity contribution in [3.8, 4) is 28.7 Å². The van der Waals surface area contributed by atoms with Gasteiger partial charge in [-0.25, -0.2) is 0 Å². The Hall–Kier alpha value is -5.94. The molecule has 0 aliphatic carbocycles. The van der Waals surface area contributed by atoms with E-state index in [1.54, 1.807) is 0 Å². The molecule has 6 aromatic rings. The fourth-order valence-corrected chi connectivity index (χ4v) is 5.72. The van der Waals surface area contributed by atoms with Gasteiger partial charge in [0, 0.05) is 17.7 Å². The molecule has 1 aliphatic rings. The molecule has 1 atom stereocenters. The van der Waals surface area contributed by atoms with E-state index >= 15 is 0 Å². The van der Waals surface area contributed by atoms with Crippen LogP contribution in [0.25, 0.3) is 6.08 Å². The van der Waals surface area contributed by atoms with E-state index in [0.29, 0.717) is 55.2 Å². The van der Waals surface area contributed by atoms with Gasteiger partial charge in [-0.3, -0.25) is 0 Å². The minimum atomic E-state index is -0.360. The maximum Gasteiger partial charge on any atom is 0.162 e. The Morgan fingerprint density at radius 2 is 0.939 bits per heavy atom. The van der Waals surface area contributed by atoms with Crippen LogP contribution in [0.1, 0.15) is 45.0 Å². The van der Waals surface area contributed by atoms with Gasteiger partial charge >= 0.3 is 0 Å². The summed E-state index contributed by atoms with van der Waals surface area (Å²) in [6.45, 7) is 3.79. The molecule has 0 saturated carbocycles. The lowest BCUT2D eigenvalue weighted by molar-refractivity contribution is 0.236. The minimum Gasteiger partial charge on any atom is -0.489 e. The van der Waals surface area contributed by atoms with Crippen molar-refractivity contribution in [2.45, 2.75) is 39.5 Å². The molecule has 1 unspecified atom stereocenters. The van der Waals surface area contributed by atoms with E-state index < -0.39 is 0 Å². The van der Waals surface area contributed by atoms with E-state index in [1.165, 1.54) is 0 Å². The van der Waals surface area contributed by atoms with Crippen molar-refractivity contribution < 1.29 is 23.7 Å². The minimum absolute atomic E-state index is 0.360. The van der Waals surface area contributed by atoms with Crippen molar-refractivity contribution >= 4 is 6.08 Å². The Morgan fingerprint density at radius 1 is 0.490 bits per heavy atom. The van der Waals surface area contributed by atoms with Crippen molar-refractivity contribution in [1.82, 2.24) is 0 Å². The lowest BCUT2D eigenvalue weighted by Gasteiger charge is -2.26. The molecule has 7 rings (SSSR count). The van der Waals surface area contributed by atoms with Gasteiger partial charge in [0.15, 0.2) is 11.5 Å². The van der Waals surface area contributed by atoms with Gasteiger partial charge in [-0.1, -0.05) is 121 Å². The third-order valence-electron chi connectivity index (χ3n) is 8.37. The average molecular weight is 647 g/mol. The number of hydrogen-bond donors (Lipinski definition) is 0. The maximum absolute atomic E-state index is 6.73. The highest BCUT2D eigenvalue weighted by molar-refractivity contribution is 5.69. The molecule has 6 aromatic carbocycles. The van der Waals surface area contributed by atoms with Gasteiger partial charge in [0.2, 0.25) is 0 Å². The normalized spacial score (nSPS) is 13.2. The molecule has 0 saturated heterocycles. The zero-order valence-corrected chi connectivity index (χ0v) is 27.5. The Bertz CT molecular complexity index is 1990. The number of ether oxygens (including phenoxy) is 5. The Kier molecular flexibility index (Phi) is 9.89. The lowest BCUT2D eigenvalue weighted by atomic mass is 9.98. The van der Waals surface area contributed by atoms with E-state index in [-0.39, 0.29) is 6.10 Å². The number of fused-ring (bicyclic) bond motifs is 1. The van der Waals surface area contributed by atoms with Crippen molar-refractivity contribution in [3.63, 3.8) is 0 Å². The van der Waals surface area contributed by atoms with Gasteiger partial charge in [0.1, 0.15) is 49.8 Å². The van der Waals surface area contributed by atoms with E-state index in [2.05, 4.69) is 55.5 Å². The van der Waals surface area contributed by atoms with Crippen LogP contribution in [-0.2, 0) is 26.4 Å². The molecule has 244 valence electrons. The zero-order chi connectivity index (χ0) is 33.3. The summed E-state index contributed by atoms with van der Waals surface area (Å²) in [7, 11) is 0. The predicted octanol–water partition coefficient (Wildman–Crippen LogP) is 10.5. The summed E-state index contributed by atoms with van der Waals surface area (Å²) in [5.41, 5.74) is 7.22. The van der Waals surface area contributed by atoms with Gasteiger partial charge in [-0.05, 0) is 59.0 Å². The van der Waals surface area contributed by atoms with Gasteiger partial charge in [0.05, 0.1) is 5.56 Å². The van der Waals surface area contributed by atoms with E-state index in [1.807, 2.05) is 109 Å². The van der Waals surface area contributed by atoms with Crippen LogP contribution in [0.15, 0.2) is 152 Å². The van der Waals surface area contributed by atoms with Crippen molar-refractivity contribution in [2.75, 3.05) is 0 Å². The molecule has 0 aromatic heterocycles. The summed E-state index contributed by atoms with van der Waals surface area (Å²) in [6, 6.07) is 48.5.